The van der Waals surface area contributed by atoms with E-state index < -0.39 is 0 Å². The Labute approximate surface area is 122 Å². The van der Waals surface area contributed by atoms with E-state index in [1.54, 1.807) is 0 Å². The molecule has 1 atom stereocenters. The minimum atomic E-state index is -0.0436. The fourth-order valence-corrected chi connectivity index (χ4v) is 2.42. The average molecular weight is 327 g/mol. The van der Waals surface area contributed by atoms with E-state index >= 15 is 0 Å². The second kappa shape index (κ2) is 7.03. The smallest absolute Gasteiger partial charge is 0.251 e. The highest BCUT2D eigenvalue weighted by atomic mass is 79.9. The summed E-state index contributed by atoms with van der Waals surface area (Å²) in [5.41, 5.74) is 1.85. The molecule has 19 heavy (non-hydrogen) atoms. The zero-order valence-electron chi connectivity index (χ0n) is 11.1. The highest BCUT2D eigenvalue weighted by Crippen LogP contribution is 2.08. The first-order valence-electron chi connectivity index (χ1n) is 6.42. The maximum atomic E-state index is 12.0. The monoisotopic (exact) mass is 326 g/mol. The molecule has 1 aromatic carbocycles. The number of benzene rings is 1. The van der Waals surface area contributed by atoms with Crippen molar-refractivity contribution in [3.8, 4) is 0 Å². The van der Waals surface area contributed by atoms with E-state index in [2.05, 4.69) is 33.2 Å². The van der Waals surface area contributed by atoms with E-state index in [0.717, 1.165) is 30.6 Å². The Hall–Kier alpha value is -0.910. The van der Waals surface area contributed by atoms with Gasteiger partial charge in [0.1, 0.15) is 0 Å². The Kier molecular flexibility index (Phi) is 5.36. The standard InChI is InChI=1S/C14H19BrN2O2/c1-17-6-7-19-13(10-17)9-16-14(18)12-4-2-11(8-15)3-5-12/h2-5,13H,6-10H2,1H3,(H,16,18). The van der Waals surface area contributed by atoms with Gasteiger partial charge in [0, 0.05) is 30.5 Å². The highest BCUT2D eigenvalue weighted by molar-refractivity contribution is 9.08. The minimum Gasteiger partial charge on any atom is -0.374 e. The fraction of sp³-hybridized carbons (Fsp3) is 0.500. The molecule has 0 spiro atoms. The molecule has 0 saturated carbocycles. The molecule has 2 rings (SSSR count). The number of rotatable bonds is 4. The van der Waals surface area contributed by atoms with Gasteiger partial charge >= 0.3 is 0 Å². The summed E-state index contributed by atoms with van der Waals surface area (Å²) in [6, 6.07) is 7.60. The topological polar surface area (TPSA) is 41.6 Å². The van der Waals surface area contributed by atoms with Crippen LogP contribution in [0.3, 0.4) is 0 Å². The van der Waals surface area contributed by atoms with Gasteiger partial charge in [-0.1, -0.05) is 28.1 Å². The van der Waals surface area contributed by atoms with Crippen molar-refractivity contribution in [2.24, 2.45) is 0 Å². The quantitative estimate of drug-likeness (QED) is 0.855. The minimum absolute atomic E-state index is 0.0436. The van der Waals surface area contributed by atoms with Crippen LogP contribution in [-0.4, -0.2) is 50.2 Å². The van der Waals surface area contributed by atoms with Crippen molar-refractivity contribution in [3.05, 3.63) is 35.4 Å². The van der Waals surface area contributed by atoms with Crippen LogP contribution in [0.1, 0.15) is 15.9 Å². The number of amides is 1. The Balaban J connectivity index is 1.83. The summed E-state index contributed by atoms with van der Waals surface area (Å²) in [7, 11) is 2.07. The van der Waals surface area contributed by atoms with Crippen molar-refractivity contribution in [2.45, 2.75) is 11.4 Å². The lowest BCUT2D eigenvalue weighted by molar-refractivity contribution is -0.0175. The van der Waals surface area contributed by atoms with Crippen LogP contribution in [-0.2, 0) is 10.1 Å². The lowest BCUT2D eigenvalue weighted by Gasteiger charge is -2.30. The summed E-state index contributed by atoms with van der Waals surface area (Å²) in [6.45, 7) is 3.11. The molecule has 1 aliphatic heterocycles. The van der Waals surface area contributed by atoms with Gasteiger partial charge in [0.2, 0.25) is 0 Å². The molecule has 1 amide bonds. The van der Waals surface area contributed by atoms with Crippen molar-refractivity contribution < 1.29 is 9.53 Å². The zero-order chi connectivity index (χ0) is 13.7. The normalized spacial score (nSPS) is 20.2. The number of nitrogens with one attached hydrogen (secondary N) is 1. The van der Waals surface area contributed by atoms with Crippen LogP contribution in [0.2, 0.25) is 0 Å². The van der Waals surface area contributed by atoms with Crippen molar-refractivity contribution in [3.63, 3.8) is 0 Å². The first kappa shape index (κ1) is 14.5. The van der Waals surface area contributed by atoms with Gasteiger partial charge in [-0.25, -0.2) is 0 Å². The molecule has 1 fully saturated rings. The maximum Gasteiger partial charge on any atom is 0.251 e. The van der Waals surface area contributed by atoms with Crippen LogP contribution in [0.5, 0.6) is 0 Å². The average Bonchev–Trinajstić information content (AvgIpc) is 2.45. The predicted octanol–water partition coefficient (Wildman–Crippen LogP) is 1.64. The number of hydrogen-bond donors (Lipinski definition) is 1. The van der Waals surface area contributed by atoms with Gasteiger partial charge in [-0.3, -0.25) is 4.79 Å². The maximum absolute atomic E-state index is 12.0. The molecule has 0 bridgehead atoms. The second-order valence-electron chi connectivity index (χ2n) is 4.80. The van der Waals surface area contributed by atoms with Gasteiger partial charge in [-0.15, -0.1) is 0 Å². The fourth-order valence-electron chi connectivity index (χ4n) is 2.04. The molecular formula is C14H19BrN2O2. The largest absolute Gasteiger partial charge is 0.374 e. The van der Waals surface area contributed by atoms with Crippen LogP contribution >= 0.6 is 15.9 Å². The summed E-state index contributed by atoms with van der Waals surface area (Å²) in [5.74, 6) is -0.0436. The molecule has 1 heterocycles. The van der Waals surface area contributed by atoms with Crippen LogP contribution in [0.25, 0.3) is 0 Å². The molecule has 0 aromatic heterocycles. The molecule has 4 nitrogen and oxygen atoms in total. The lowest BCUT2D eigenvalue weighted by atomic mass is 10.1. The summed E-state index contributed by atoms with van der Waals surface area (Å²) in [6.07, 6.45) is 0.0875. The number of morpholine rings is 1. The Morgan fingerprint density at radius 1 is 1.47 bits per heavy atom. The molecule has 104 valence electrons. The van der Waals surface area contributed by atoms with Crippen molar-refractivity contribution in [1.82, 2.24) is 10.2 Å². The molecule has 5 heteroatoms. The lowest BCUT2D eigenvalue weighted by Crippen LogP contribution is -2.45. The molecule has 0 aliphatic carbocycles. The van der Waals surface area contributed by atoms with Gasteiger partial charge in [-0.2, -0.15) is 0 Å². The first-order chi connectivity index (χ1) is 9.19. The van der Waals surface area contributed by atoms with E-state index in [4.69, 9.17) is 4.74 Å². The molecule has 1 aromatic rings. The van der Waals surface area contributed by atoms with Crippen molar-refractivity contribution in [2.75, 3.05) is 33.3 Å². The number of alkyl halides is 1. The van der Waals surface area contributed by atoms with Crippen molar-refractivity contribution in [1.29, 1.82) is 0 Å². The number of ether oxygens (including phenoxy) is 1. The van der Waals surface area contributed by atoms with Crippen molar-refractivity contribution >= 4 is 21.8 Å². The number of carbonyl (C=O) groups excluding carboxylic acids is 1. The number of likely N-dealkylation sites (N-methyl/N-ethyl adjacent to an activating group) is 1. The molecule has 0 radical (unpaired) electrons. The Morgan fingerprint density at radius 2 is 2.21 bits per heavy atom. The first-order valence-corrected chi connectivity index (χ1v) is 7.54. The third-order valence-corrected chi connectivity index (χ3v) is 3.85. The van der Waals surface area contributed by atoms with Crippen LogP contribution in [0.15, 0.2) is 24.3 Å². The van der Waals surface area contributed by atoms with E-state index in [0.29, 0.717) is 12.1 Å². The van der Waals surface area contributed by atoms with Gasteiger partial charge < -0.3 is 15.0 Å². The van der Waals surface area contributed by atoms with Gasteiger partial charge in [0.25, 0.3) is 5.91 Å². The highest BCUT2D eigenvalue weighted by Gasteiger charge is 2.18. The Bertz CT molecular complexity index is 422. The number of halogens is 1. The summed E-state index contributed by atoms with van der Waals surface area (Å²) in [5, 5.41) is 3.73. The van der Waals surface area contributed by atoms with Gasteiger partial charge in [0.05, 0.1) is 12.7 Å². The third kappa shape index (κ3) is 4.30. The molecular weight excluding hydrogens is 308 g/mol. The molecule has 1 aliphatic rings. The van der Waals surface area contributed by atoms with E-state index in [1.807, 2.05) is 24.3 Å². The summed E-state index contributed by atoms with van der Waals surface area (Å²) in [4.78, 5) is 14.2. The van der Waals surface area contributed by atoms with E-state index in [-0.39, 0.29) is 12.0 Å². The van der Waals surface area contributed by atoms with Crippen LogP contribution in [0, 0.1) is 0 Å². The molecule has 1 N–H and O–H groups in total. The van der Waals surface area contributed by atoms with Gasteiger partial charge in [0.15, 0.2) is 0 Å². The molecule has 1 unspecified atom stereocenters. The number of hydrogen-bond acceptors (Lipinski definition) is 3. The summed E-state index contributed by atoms with van der Waals surface area (Å²) < 4.78 is 5.61. The number of carbonyl (C=O) groups is 1. The van der Waals surface area contributed by atoms with E-state index in [1.165, 1.54) is 0 Å². The summed E-state index contributed by atoms with van der Waals surface area (Å²) >= 11 is 3.39. The Morgan fingerprint density at radius 3 is 2.84 bits per heavy atom. The van der Waals surface area contributed by atoms with Crippen LogP contribution < -0.4 is 5.32 Å². The predicted molar refractivity (Wildman–Crippen MR) is 78.6 cm³/mol. The second-order valence-corrected chi connectivity index (χ2v) is 5.36. The van der Waals surface area contributed by atoms with Crippen LogP contribution in [0.4, 0.5) is 0 Å². The third-order valence-electron chi connectivity index (χ3n) is 3.20. The zero-order valence-corrected chi connectivity index (χ0v) is 12.6. The number of nitrogens with zero attached hydrogens (tertiary/aromatic N) is 1. The van der Waals surface area contributed by atoms with E-state index in [9.17, 15) is 4.79 Å². The molecule has 1 saturated heterocycles. The van der Waals surface area contributed by atoms with Gasteiger partial charge in [-0.05, 0) is 24.7 Å². The SMILES string of the molecule is CN1CCOC(CNC(=O)c2ccc(CBr)cc2)C1.